The summed E-state index contributed by atoms with van der Waals surface area (Å²) in [4.78, 5) is 0. The van der Waals surface area contributed by atoms with Crippen LogP contribution in [0.2, 0.25) is 0 Å². The Hall–Kier alpha value is 0.170. The van der Waals surface area contributed by atoms with E-state index in [1.807, 2.05) is 0 Å². The van der Waals surface area contributed by atoms with Crippen LogP contribution in [0.25, 0.3) is 0 Å². The normalized spacial score (nSPS) is 23.2. The van der Waals surface area contributed by atoms with Gasteiger partial charge in [-0.15, -0.1) is 9.24 Å². The first-order valence-electron chi connectivity index (χ1n) is 3.82. The molecule has 52 valence electrons. The molecule has 0 amide bonds. The summed E-state index contributed by atoms with van der Waals surface area (Å²) in [5, 5.41) is 0. The van der Waals surface area contributed by atoms with Crippen molar-refractivity contribution in [2.45, 2.75) is 32.1 Å². The molecule has 1 unspecified atom stereocenters. The molecule has 0 bridgehead atoms. The summed E-state index contributed by atoms with van der Waals surface area (Å²) in [7, 11) is 2.65. The molecule has 0 N–H and O–H groups in total. The van der Waals surface area contributed by atoms with Crippen LogP contribution in [0, 0.1) is 5.92 Å². The highest BCUT2D eigenvalue weighted by molar-refractivity contribution is 7.20. The summed E-state index contributed by atoms with van der Waals surface area (Å²) in [6.07, 6.45) is 9.51. The van der Waals surface area contributed by atoms with Gasteiger partial charge in [-0.3, -0.25) is 0 Å². The van der Waals surface area contributed by atoms with Gasteiger partial charge in [-0.2, -0.15) is 0 Å². The van der Waals surface area contributed by atoms with Crippen LogP contribution in [0.1, 0.15) is 32.1 Å². The predicted molar refractivity (Wildman–Crippen MR) is 45.4 cm³/mol. The fourth-order valence-corrected chi connectivity index (χ4v) is 1.80. The molecule has 0 aliphatic heterocycles. The van der Waals surface area contributed by atoms with Crippen LogP contribution in [0.4, 0.5) is 0 Å². The molecule has 0 aromatic carbocycles. The Morgan fingerprint density at radius 1 is 1.11 bits per heavy atom. The summed E-state index contributed by atoms with van der Waals surface area (Å²) >= 11 is 0. The molecular weight excluding hydrogens is 127 g/mol. The first-order chi connectivity index (χ1) is 4.43. The van der Waals surface area contributed by atoms with Crippen LogP contribution in [-0.4, -0.2) is 0 Å². The lowest BCUT2D eigenvalue weighted by atomic mass is 9.90. The Morgan fingerprint density at radius 2 is 1.78 bits per heavy atom. The SMILES string of the molecule is PC=CC1CCCCC1. The second kappa shape index (κ2) is 4.06. The van der Waals surface area contributed by atoms with Gasteiger partial charge < -0.3 is 0 Å². The first kappa shape index (κ1) is 7.28. The summed E-state index contributed by atoms with van der Waals surface area (Å²) in [6.45, 7) is 0. The topological polar surface area (TPSA) is 0 Å². The van der Waals surface area contributed by atoms with Gasteiger partial charge in [-0.05, 0) is 18.8 Å². The lowest BCUT2D eigenvalue weighted by Gasteiger charge is -2.17. The molecule has 0 nitrogen and oxygen atoms in total. The molecule has 1 rings (SSSR count). The molecule has 1 fully saturated rings. The van der Waals surface area contributed by atoms with Gasteiger partial charge in [-0.25, -0.2) is 0 Å². The lowest BCUT2D eigenvalue weighted by molar-refractivity contribution is 0.420. The Bertz CT molecular complexity index is 90.7. The molecule has 0 aromatic rings. The van der Waals surface area contributed by atoms with Crippen LogP contribution >= 0.6 is 9.24 Å². The molecule has 1 heteroatoms. The van der Waals surface area contributed by atoms with Gasteiger partial charge in [0.05, 0.1) is 0 Å². The maximum atomic E-state index is 2.65. The molecule has 0 heterocycles. The van der Waals surface area contributed by atoms with Crippen LogP contribution < -0.4 is 0 Å². The largest absolute Gasteiger partial charge is 0.114 e. The van der Waals surface area contributed by atoms with Crippen molar-refractivity contribution in [2.24, 2.45) is 5.92 Å². The molecule has 1 aliphatic rings. The molecule has 0 radical (unpaired) electrons. The van der Waals surface area contributed by atoms with Gasteiger partial charge in [-0.1, -0.05) is 31.2 Å². The highest BCUT2D eigenvalue weighted by atomic mass is 31.0. The van der Waals surface area contributed by atoms with E-state index < -0.39 is 0 Å². The average Bonchev–Trinajstić information content (AvgIpc) is 1.91. The highest BCUT2D eigenvalue weighted by Gasteiger charge is 2.08. The Balaban J connectivity index is 2.23. The third kappa shape index (κ3) is 2.49. The zero-order chi connectivity index (χ0) is 6.53. The van der Waals surface area contributed by atoms with Crippen molar-refractivity contribution in [3.63, 3.8) is 0 Å². The minimum Gasteiger partial charge on any atom is -0.114 e. The van der Waals surface area contributed by atoms with Crippen LogP contribution in [-0.2, 0) is 0 Å². The van der Waals surface area contributed by atoms with E-state index in [4.69, 9.17) is 0 Å². The quantitative estimate of drug-likeness (QED) is 0.494. The number of allylic oxidation sites excluding steroid dienone is 1. The molecule has 0 saturated heterocycles. The number of hydrogen-bond acceptors (Lipinski definition) is 0. The molecule has 0 aromatic heterocycles. The summed E-state index contributed by atoms with van der Waals surface area (Å²) in [6, 6.07) is 0. The third-order valence-electron chi connectivity index (χ3n) is 2.03. The molecular formula is C8H15P. The summed E-state index contributed by atoms with van der Waals surface area (Å²) in [5.74, 6) is 3.01. The van der Waals surface area contributed by atoms with E-state index in [9.17, 15) is 0 Å². The van der Waals surface area contributed by atoms with E-state index in [1.165, 1.54) is 32.1 Å². The van der Waals surface area contributed by atoms with Crippen molar-refractivity contribution < 1.29 is 0 Å². The molecule has 1 aliphatic carbocycles. The summed E-state index contributed by atoms with van der Waals surface area (Å²) in [5.41, 5.74) is 0. The van der Waals surface area contributed by atoms with Crippen molar-refractivity contribution in [1.29, 1.82) is 0 Å². The van der Waals surface area contributed by atoms with Gasteiger partial charge in [0.2, 0.25) is 0 Å². The minimum absolute atomic E-state index is 0.899. The van der Waals surface area contributed by atoms with Crippen LogP contribution in [0.3, 0.4) is 0 Å². The fraction of sp³-hybridized carbons (Fsp3) is 0.750. The second-order valence-corrected chi connectivity index (χ2v) is 3.17. The minimum atomic E-state index is 0.899. The van der Waals surface area contributed by atoms with E-state index >= 15 is 0 Å². The monoisotopic (exact) mass is 142 g/mol. The maximum absolute atomic E-state index is 2.65. The lowest BCUT2D eigenvalue weighted by Crippen LogP contribution is -2.01. The standard InChI is InChI=1S/C8H15P/c9-7-6-8-4-2-1-3-5-8/h6-8H,1-5,9H2. The smallest absolute Gasteiger partial charge is 0.0230 e. The van der Waals surface area contributed by atoms with E-state index in [2.05, 4.69) is 21.1 Å². The maximum Gasteiger partial charge on any atom is -0.0230 e. The van der Waals surface area contributed by atoms with Gasteiger partial charge in [0, 0.05) is 0 Å². The molecule has 9 heavy (non-hydrogen) atoms. The molecule has 1 atom stereocenters. The van der Waals surface area contributed by atoms with Crippen LogP contribution in [0.5, 0.6) is 0 Å². The second-order valence-electron chi connectivity index (χ2n) is 2.78. The third-order valence-corrected chi connectivity index (χ3v) is 2.26. The van der Waals surface area contributed by atoms with Gasteiger partial charge in [0.1, 0.15) is 0 Å². The van der Waals surface area contributed by atoms with Crippen molar-refractivity contribution in [2.75, 3.05) is 0 Å². The average molecular weight is 142 g/mol. The zero-order valence-electron chi connectivity index (χ0n) is 5.84. The molecule has 1 saturated carbocycles. The van der Waals surface area contributed by atoms with Crippen molar-refractivity contribution in [3.05, 3.63) is 11.9 Å². The van der Waals surface area contributed by atoms with E-state index in [0.717, 1.165) is 5.92 Å². The van der Waals surface area contributed by atoms with Gasteiger partial charge in [0.25, 0.3) is 0 Å². The van der Waals surface area contributed by atoms with E-state index in [1.54, 1.807) is 0 Å². The van der Waals surface area contributed by atoms with E-state index in [0.29, 0.717) is 0 Å². The number of hydrogen-bond donors (Lipinski definition) is 0. The van der Waals surface area contributed by atoms with Crippen molar-refractivity contribution in [3.8, 4) is 0 Å². The van der Waals surface area contributed by atoms with Crippen molar-refractivity contribution in [1.82, 2.24) is 0 Å². The van der Waals surface area contributed by atoms with Gasteiger partial charge >= 0.3 is 0 Å². The molecule has 0 spiro atoms. The van der Waals surface area contributed by atoms with Crippen molar-refractivity contribution >= 4 is 9.24 Å². The first-order valence-corrected chi connectivity index (χ1v) is 4.48. The van der Waals surface area contributed by atoms with Crippen LogP contribution in [0.15, 0.2) is 11.9 Å². The zero-order valence-corrected chi connectivity index (χ0v) is 7.00. The Kier molecular flexibility index (Phi) is 3.28. The summed E-state index contributed by atoms with van der Waals surface area (Å²) < 4.78 is 0. The van der Waals surface area contributed by atoms with Gasteiger partial charge in [0.15, 0.2) is 0 Å². The Labute approximate surface area is 59.9 Å². The Morgan fingerprint density at radius 3 is 2.33 bits per heavy atom. The predicted octanol–water partition coefficient (Wildman–Crippen LogP) is 2.96. The number of rotatable bonds is 1. The highest BCUT2D eigenvalue weighted by Crippen LogP contribution is 2.24. The van der Waals surface area contributed by atoms with E-state index in [-0.39, 0.29) is 0 Å². The fourth-order valence-electron chi connectivity index (χ4n) is 1.48.